The van der Waals surface area contributed by atoms with Crippen LogP contribution in [0, 0.1) is 0 Å². The van der Waals surface area contributed by atoms with Crippen LogP contribution in [0.25, 0.3) is 39.2 Å². The maximum atomic E-state index is 15.6. The fraction of sp³-hybridized carbons (Fsp3) is 0. The van der Waals surface area contributed by atoms with E-state index in [1.54, 1.807) is 0 Å². The molecule has 0 saturated carbocycles. The second kappa shape index (κ2) is 7.66. The van der Waals surface area contributed by atoms with E-state index in [-0.39, 0.29) is 0 Å². The summed E-state index contributed by atoms with van der Waals surface area (Å²) in [5, 5.41) is 2.55. The van der Waals surface area contributed by atoms with Crippen molar-refractivity contribution >= 4 is 34.1 Å². The lowest BCUT2D eigenvalue weighted by Crippen LogP contribution is -2.34. The van der Waals surface area contributed by atoms with E-state index in [9.17, 15) is 0 Å². The molecule has 35 heavy (non-hydrogen) atoms. The van der Waals surface area contributed by atoms with E-state index in [0.29, 0.717) is 0 Å². The molecule has 0 N–H and O–H groups in total. The molecule has 5 aromatic carbocycles. The lowest BCUT2D eigenvalue weighted by Gasteiger charge is -2.31. The van der Waals surface area contributed by atoms with Gasteiger partial charge in [-0.25, -0.2) is 4.98 Å². The second-order valence-corrected chi connectivity index (χ2v) is 11.4. The minimum atomic E-state index is -3.21. The highest BCUT2D eigenvalue weighted by Crippen LogP contribution is 2.52. The number of hydrogen-bond donors (Lipinski definition) is 0. The predicted octanol–water partition coefficient (Wildman–Crippen LogP) is 6.31. The van der Waals surface area contributed by atoms with Crippen molar-refractivity contribution in [2.24, 2.45) is 0 Å². The van der Waals surface area contributed by atoms with Crippen LogP contribution >= 0.6 is 7.14 Å². The normalized spacial score (nSPS) is 16.2. The summed E-state index contributed by atoms with van der Waals surface area (Å²) in [5.74, 6) is 0.860. The zero-order chi connectivity index (χ0) is 23.4. The average molecular weight is 468 g/mol. The van der Waals surface area contributed by atoms with E-state index >= 15 is 4.57 Å². The first-order chi connectivity index (χ1) is 17.3. The van der Waals surface area contributed by atoms with Crippen molar-refractivity contribution in [3.05, 3.63) is 127 Å². The molecule has 0 amide bonds. The van der Waals surface area contributed by atoms with Gasteiger partial charge in [0.15, 0.2) is 7.14 Å². The number of benzene rings is 5. The standard InChI is InChI=1S/C31H21N2OP/c34-35(24-16-8-3-9-17-24)28-21-11-19-26-29(28)33(31(32-26)23-14-6-2-7-15-23)27-20-10-18-25(30(27)35)22-12-4-1-5-13-22/h1-21H. The first-order valence-electron chi connectivity index (χ1n) is 11.7. The van der Waals surface area contributed by atoms with Gasteiger partial charge in [0.2, 0.25) is 0 Å². The van der Waals surface area contributed by atoms with Gasteiger partial charge in [-0.2, -0.15) is 0 Å². The van der Waals surface area contributed by atoms with Crippen LogP contribution in [0.4, 0.5) is 0 Å². The Morgan fingerprint density at radius 1 is 0.600 bits per heavy atom. The van der Waals surface area contributed by atoms with Gasteiger partial charge in [-0.15, -0.1) is 0 Å². The Bertz CT molecular complexity index is 1760. The summed E-state index contributed by atoms with van der Waals surface area (Å²) in [6.07, 6.45) is 0. The van der Waals surface area contributed by atoms with E-state index in [1.165, 1.54) is 0 Å². The molecule has 2 heterocycles. The van der Waals surface area contributed by atoms with Crippen LogP contribution in [0.1, 0.15) is 0 Å². The molecule has 1 unspecified atom stereocenters. The van der Waals surface area contributed by atoms with Gasteiger partial charge in [0.25, 0.3) is 0 Å². The van der Waals surface area contributed by atoms with Crippen LogP contribution in [-0.4, -0.2) is 9.55 Å². The van der Waals surface area contributed by atoms with Crippen molar-refractivity contribution in [1.82, 2.24) is 9.55 Å². The molecule has 1 aromatic heterocycles. The molecular formula is C31H21N2OP. The van der Waals surface area contributed by atoms with Gasteiger partial charge >= 0.3 is 0 Å². The summed E-state index contributed by atoms with van der Waals surface area (Å²) in [5.41, 5.74) is 5.79. The maximum Gasteiger partial charge on any atom is 0.175 e. The third-order valence-corrected chi connectivity index (χ3v) is 9.97. The molecular weight excluding hydrogens is 447 g/mol. The van der Waals surface area contributed by atoms with Gasteiger partial charge in [-0.1, -0.05) is 109 Å². The Morgan fingerprint density at radius 2 is 1.23 bits per heavy atom. The lowest BCUT2D eigenvalue weighted by atomic mass is 10.0. The van der Waals surface area contributed by atoms with Crippen LogP contribution in [0.15, 0.2) is 127 Å². The smallest absolute Gasteiger partial charge is 0.175 e. The minimum absolute atomic E-state index is 0.839. The number of aromatic nitrogens is 2. The molecule has 0 fully saturated rings. The maximum absolute atomic E-state index is 15.6. The summed E-state index contributed by atoms with van der Waals surface area (Å²) in [6, 6.07) is 42.7. The van der Waals surface area contributed by atoms with Gasteiger partial charge in [0, 0.05) is 16.2 Å². The molecule has 0 spiro atoms. The zero-order valence-electron chi connectivity index (χ0n) is 18.9. The Labute approximate surface area is 203 Å². The number of nitrogens with zero attached hydrogens (tertiary/aromatic N) is 2. The first kappa shape index (κ1) is 20.2. The highest BCUT2D eigenvalue weighted by Gasteiger charge is 2.41. The average Bonchev–Trinajstić information content (AvgIpc) is 3.33. The molecule has 0 saturated heterocycles. The summed E-state index contributed by atoms with van der Waals surface area (Å²) < 4.78 is 17.8. The van der Waals surface area contributed by atoms with Crippen LogP contribution < -0.4 is 15.9 Å². The highest BCUT2D eigenvalue weighted by atomic mass is 31.2. The highest BCUT2D eigenvalue weighted by molar-refractivity contribution is 7.86. The summed E-state index contributed by atoms with van der Waals surface area (Å²) in [7, 11) is -3.21. The Kier molecular flexibility index (Phi) is 4.42. The Morgan fingerprint density at radius 3 is 1.94 bits per heavy atom. The largest absolute Gasteiger partial charge is 0.308 e. The van der Waals surface area contributed by atoms with Gasteiger partial charge in [0.1, 0.15) is 5.82 Å². The topological polar surface area (TPSA) is 34.9 Å². The van der Waals surface area contributed by atoms with Crippen LogP contribution in [0.3, 0.4) is 0 Å². The van der Waals surface area contributed by atoms with Gasteiger partial charge < -0.3 is 4.57 Å². The minimum Gasteiger partial charge on any atom is -0.308 e. The van der Waals surface area contributed by atoms with E-state index < -0.39 is 7.14 Å². The van der Waals surface area contributed by atoms with Crippen molar-refractivity contribution < 1.29 is 4.57 Å². The van der Waals surface area contributed by atoms with E-state index in [2.05, 4.69) is 47.0 Å². The molecule has 7 rings (SSSR count). The number of hydrogen-bond acceptors (Lipinski definition) is 2. The van der Waals surface area contributed by atoms with Gasteiger partial charge in [-0.05, 0) is 29.3 Å². The number of imidazole rings is 1. The lowest BCUT2D eigenvalue weighted by molar-refractivity contribution is 0.592. The second-order valence-electron chi connectivity index (χ2n) is 8.77. The van der Waals surface area contributed by atoms with E-state index in [1.807, 2.05) is 84.9 Å². The number of para-hydroxylation sites is 1. The number of rotatable bonds is 3. The molecule has 0 aliphatic carbocycles. The van der Waals surface area contributed by atoms with Crippen molar-refractivity contribution in [3.63, 3.8) is 0 Å². The Balaban J connectivity index is 1.69. The molecule has 6 aromatic rings. The van der Waals surface area contributed by atoms with Crippen molar-refractivity contribution in [2.45, 2.75) is 0 Å². The zero-order valence-corrected chi connectivity index (χ0v) is 19.8. The first-order valence-corrected chi connectivity index (χ1v) is 13.4. The molecule has 3 nitrogen and oxygen atoms in total. The van der Waals surface area contributed by atoms with Crippen molar-refractivity contribution in [2.75, 3.05) is 0 Å². The molecule has 1 aliphatic rings. The molecule has 1 aliphatic heterocycles. The van der Waals surface area contributed by atoms with Crippen LogP contribution in [0.5, 0.6) is 0 Å². The van der Waals surface area contributed by atoms with Gasteiger partial charge in [0.05, 0.1) is 22.0 Å². The monoisotopic (exact) mass is 468 g/mol. The predicted molar refractivity (Wildman–Crippen MR) is 145 cm³/mol. The van der Waals surface area contributed by atoms with E-state index in [0.717, 1.165) is 55.1 Å². The number of fused-ring (bicyclic) bond motifs is 2. The van der Waals surface area contributed by atoms with Crippen LogP contribution in [-0.2, 0) is 4.57 Å². The van der Waals surface area contributed by atoms with Gasteiger partial charge in [-0.3, -0.25) is 4.57 Å². The SMILES string of the molecule is O=P1(c2ccccc2)c2c(-c3ccccc3)cccc2-n2c(-c3ccccc3)nc3cccc1c32. The molecule has 0 radical (unpaired) electrons. The molecule has 0 bridgehead atoms. The van der Waals surface area contributed by atoms with Crippen molar-refractivity contribution in [1.29, 1.82) is 0 Å². The molecule has 1 atom stereocenters. The van der Waals surface area contributed by atoms with Crippen molar-refractivity contribution in [3.8, 4) is 28.2 Å². The fourth-order valence-electron chi connectivity index (χ4n) is 5.30. The van der Waals surface area contributed by atoms with Crippen LogP contribution in [0.2, 0.25) is 0 Å². The quantitative estimate of drug-likeness (QED) is 0.285. The Hall–Kier alpha value is -4.20. The third kappa shape index (κ3) is 2.86. The van der Waals surface area contributed by atoms with E-state index in [4.69, 9.17) is 4.98 Å². The molecule has 4 heteroatoms. The molecule has 166 valence electrons. The third-order valence-electron chi connectivity index (χ3n) is 6.80. The summed E-state index contributed by atoms with van der Waals surface area (Å²) in [4.78, 5) is 5.06. The fourth-order valence-corrected chi connectivity index (χ4v) is 8.52. The summed E-state index contributed by atoms with van der Waals surface area (Å²) in [6.45, 7) is 0. The summed E-state index contributed by atoms with van der Waals surface area (Å²) >= 11 is 0.